The van der Waals surface area contributed by atoms with Gasteiger partial charge in [0, 0.05) is 12.8 Å². The van der Waals surface area contributed by atoms with E-state index in [0.717, 1.165) is 24.5 Å². The number of nitrogens with one attached hydrogen (secondary N) is 1. The van der Waals surface area contributed by atoms with E-state index in [4.69, 9.17) is 4.74 Å². The molecule has 0 bridgehead atoms. The third kappa shape index (κ3) is 4.03. The van der Waals surface area contributed by atoms with E-state index in [1.807, 2.05) is 25.5 Å². The zero-order valence-corrected chi connectivity index (χ0v) is 14.1. The van der Waals surface area contributed by atoms with Crippen LogP contribution in [0.2, 0.25) is 0 Å². The first-order chi connectivity index (χ1) is 9.91. The minimum absolute atomic E-state index is 0.0645. The second-order valence-corrected chi connectivity index (χ2v) is 5.45. The SMILES string of the molecule is CCOC(=O)C(C)(CC(C)n1nc(CC)nc1CC)NC. The molecule has 0 aliphatic rings. The molecule has 0 aromatic carbocycles. The highest BCUT2D eigenvalue weighted by molar-refractivity contribution is 5.80. The van der Waals surface area contributed by atoms with E-state index in [2.05, 4.69) is 29.2 Å². The zero-order valence-electron chi connectivity index (χ0n) is 14.1. The van der Waals surface area contributed by atoms with E-state index in [-0.39, 0.29) is 12.0 Å². The molecule has 2 unspecified atom stereocenters. The minimum Gasteiger partial charge on any atom is -0.465 e. The highest BCUT2D eigenvalue weighted by Gasteiger charge is 2.35. The van der Waals surface area contributed by atoms with Gasteiger partial charge in [0.2, 0.25) is 0 Å². The maximum Gasteiger partial charge on any atom is 0.326 e. The van der Waals surface area contributed by atoms with Crippen LogP contribution < -0.4 is 5.32 Å². The van der Waals surface area contributed by atoms with Crippen molar-refractivity contribution in [3.05, 3.63) is 11.6 Å². The Balaban J connectivity index is 2.94. The molecule has 2 atom stereocenters. The van der Waals surface area contributed by atoms with Gasteiger partial charge in [-0.2, -0.15) is 5.10 Å². The Kier molecular flexibility index (Phi) is 6.33. The summed E-state index contributed by atoms with van der Waals surface area (Å²) < 4.78 is 7.11. The topological polar surface area (TPSA) is 69.0 Å². The molecule has 1 heterocycles. The molecule has 1 rings (SSSR count). The van der Waals surface area contributed by atoms with Crippen molar-refractivity contribution < 1.29 is 9.53 Å². The molecule has 0 fully saturated rings. The van der Waals surface area contributed by atoms with Crippen LogP contribution in [0.1, 0.15) is 58.7 Å². The molecule has 120 valence electrons. The summed E-state index contributed by atoms with van der Waals surface area (Å²) in [6, 6.07) is 0.0645. The molecule has 1 aromatic rings. The maximum atomic E-state index is 12.1. The summed E-state index contributed by atoms with van der Waals surface area (Å²) in [5.41, 5.74) is -0.723. The fourth-order valence-electron chi connectivity index (χ4n) is 2.40. The molecule has 1 N–H and O–H groups in total. The molecule has 6 heteroatoms. The Morgan fingerprint density at radius 2 is 2.05 bits per heavy atom. The highest BCUT2D eigenvalue weighted by Crippen LogP contribution is 2.23. The maximum absolute atomic E-state index is 12.1. The first kappa shape index (κ1) is 17.6. The molecule has 0 saturated carbocycles. The van der Waals surface area contributed by atoms with Crippen LogP contribution in [0.25, 0.3) is 0 Å². The summed E-state index contributed by atoms with van der Waals surface area (Å²) in [4.78, 5) is 16.7. The van der Waals surface area contributed by atoms with Crippen LogP contribution in [0, 0.1) is 0 Å². The molecular formula is C15H28N4O2. The minimum atomic E-state index is -0.723. The van der Waals surface area contributed by atoms with E-state index in [1.165, 1.54) is 0 Å². The van der Waals surface area contributed by atoms with Crippen LogP contribution in [0.3, 0.4) is 0 Å². The van der Waals surface area contributed by atoms with Gasteiger partial charge in [-0.25, -0.2) is 9.67 Å². The first-order valence-electron chi connectivity index (χ1n) is 7.72. The molecule has 0 aliphatic carbocycles. The predicted molar refractivity (Wildman–Crippen MR) is 82.2 cm³/mol. The number of nitrogens with zero attached hydrogens (tertiary/aromatic N) is 3. The number of aryl methyl sites for hydroxylation is 2. The molecule has 21 heavy (non-hydrogen) atoms. The van der Waals surface area contributed by atoms with Crippen LogP contribution in [0.4, 0.5) is 0 Å². The van der Waals surface area contributed by atoms with E-state index >= 15 is 0 Å². The Morgan fingerprint density at radius 3 is 2.52 bits per heavy atom. The van der Waals surface area contributed by atoms with Crippen molar-refractivity contribution in [2.75, 3.05) is 13.7 Å². The molecular weight excluding hydrogens is 268 g/mol. The van der Waals surface area contributed by atoms with Gasteiger partial charge in [-0.1, -0.05) is 13.8 Å². The van der Waals surface area contributed by atoms with E-state index in [9.17, 15) is 4.79 Å². The summed E-state index contributed by atoms with van der Waals surface area (Å²) in [7, 11) is 1.78. The van der Waals surface area contributed by atoms with Gasteiger partial charge in [0.15, 0.2) is 5.82 Å². The smallest absolute Gasteiger partial charge is 0.326 e. The fraction of sp³-hybridized carbons (Fsp3) is 0.800. The van der Waals surface area contributed by atoms with E-state index < -0.39 is 5.54 Å². The van der Waals surface area contributed by atoms with Crippen LogP contribution in [-0.2, 0) is 22.4 Å². The Labute approximate surface area is 127 Å². The lowest BCUT2D eigenvalue weighted by Crippen LogP contribution is -2.50. The molecule has 0 saturated heterocycles. The average Bonchev–Trinajstić information content (AvgIpc) is 2.90. The predicted octanol–water partition coefficient (Wildman–Crippen LogP) is 1.90. The number of carbonyl (C=O) groups excluding carboxylic acids is 1. The van der Waals surface area contributed by atoms with Crippen molar-refractivity contribution in [3.63, 3.8) is 0 Å². The summed E-state index contributed by atoms with van der Waals surface area (Å²) in [6.07, 6.45) is 2.24. The highest BCUT2D eigenvalue weighted by atomic mass is 16.5. The quantitative estimate of drug-likeness (QED) is 0.742. The Morgan fingerprint density at radius 1 is 1.38 bits per heavy atom. The summed E-state index contributed by atoms with van der Waals surface area (Å²) in [5, 5.41) is 7.63. The number of hydrogen-bond donors (Lipinski definition) is 1. The van der Waals surface area contributed by atoms with Gasteiger partial charge in [-0.15, -0.1) is 0 Å². The van der Waals surface area contributed by atoms with E-state index in [1.54, 1.807) is 7.05 Å². The number of carbonyl (C=O) groups is 1. The van der Waals surface area contributed by atoms with Gasteiger partial charge in [-0.3, -0.25) is 4.79 Å². The average molecular weight is 296 g/mol. The van der Waals surface area contributed by atoms with Gasteiger partial charge in [0.25, 0.3) is 0 Å². The molecule has 0 spiro atoms. The van der Waals surface area contributed by atoms with Crippen LogP contribution >= 0.6 is 0 Å². The van der Waals surface area contributed by atoms with Crippen LogP contribution in [0.5, 0.6) is 0 Å². The summed E-state index contributed by atoms with van der Waals surface area (Å²) in [6.45, 7) is 10.2. The second kappa shape index (κ2) is 7.54. The van der Waals surface area contributed by atoms with E-state index in [0.29, 0.717) is 13.0 Å². The monoisotopic (exact) mass is 296 g/mol. The van der Waals surface area contributed by atoms with Gasteiger partial charge < -0.3 is 10.1 Å². The van der Waals surface area contributed by atoms with Gasteiger partial charge in [0.05, 0.1) is 12.6 Å². The van der Waals surface area contributed by atoms with Crippen molar-refractivity contribution in [3.8, 4) is 0 Å². The number of hydrogen-bond acceptors (Lipinski definition) is 5. The lowest BCUT2D eigenvalue weighted by Gasteiger charge is -2.29. The Hall–Kier alpha value is -1.43. The fourth-order valence-corrected chi connectivity index (χ4v) is 2.40. The number of rotatable bonds is 8. The third-order valence-corrected chi connectivity index (χ3v) is 3.78. The summed E-state index contributed by atoms with van der Waals surface area (Å²) >= 11 is 0. The number of aromatic nitrogens is 3. The zero-order chi connectivity index (χ0) is 16.0. The molecule has 0 amide bonds. The van der Waals surface area contributed by atoms with Crippen molar-refractivity contribution in [1.29, 1.82) is 0 Å². The van der Waals surface area contributed by atoms with Crippen molar-refractivity contribution in [2.45, 2.75) is 65.5 Å². The van der Waals surface area contributed by atoms with Crippen LogP contribution in [-0.4, -0.2) is 39.9 Å². The van der Waals surface area contributed by atoms with Gasteiger partial charge in [-0.05, 0) is 34.2 Å². The second-order valence-electron chi connectivity index (χ2n) is 5.45. The number of esters is 1. The summed E-state index contributed by atoms with van der Waals surface area (Å²) in [5.74, 6) is 1.58. The lowest BCUT2D eigenvalue weighted by atomic mass is 9.94. The first-order valence-corrected chi connectivity index (χ1v) is 7.72. The molecule has 6 nitrogen and oxygen atoms in total. The van der Waals surface area contributed by atoms with Crippen molar-refractivity contribution in [2.24, 2.45) is 0 Å². The molecule has 1 aromatic heterocycles. The lowest BCUT2D eigenvalue weighted by molar-refractivity contribution is -0.151. The van der Waals surface area contributed by atoms with Crippen LogP contribution in [0.15, 0.2) is 0 Å². The largest absolute Gasteiger partial charge is 0.465 e. The normalized spacial score (nSPS) is 15.5. The molecule has 0 aliphatic heterocycles. The van der Waals surface area contributed by atoms with Crippen molar-refractivity contribution in [1.82, 2.24) is 20.1 Å². The Bertz CT molecular complexity index is 472. The third-order valence-electron chi connectivity index (χ3n) is 3.78. The number of likely N-dealkylation sites (N-methyl/N-ethyl adjacent to an activating group) is 1. The van der Waals surface area contributed by atoms with Crippen molar-refractivity contribution >= 4 is 5.97 Å². The van der Waals surface area contributed by atoms with Gasteiger partial charge in [0.1, 0.15) is 11.4 Å². The van der Waals surface area contributed by atoms with Gasteiger partial charge >= 0.3 is 5.97 Å². The number of ether oxygens (including phenoxy) is 1. The standard InChI is InChI=1S/C15H28N4O2/c1-7-12-17-13(8-2)19(18-12)11(4)10-15(5,16-6)14(20)21-9-3/h11,16H,7-10H2,1-6H3. The molecule has 0 radical (unpaired) electrons.